The minimum Gasteiger partial charge on any atom is -0.444 e. The SMILES string of the molecule is CCNC(=NCC1CCN(Cc2nc(C)c(C)o2)CC1)NC1CCCC(CC)C1. The Kier molecular flexibility index (Phi) is 8.40. The van der Waals surface area contributed by atoms with Crippen molar-refractivity contribution < 1.29 is 4.42 Å². The van der Waals surface area contributed by atoms with Crippen molar-refractivity contribution in [1.29, 1.82) is 0 Å². The lowest BCUT2D eigenvalue weighted by molar-refractivity contribution is 0.166. The molecule has 2 unspecified atom stereocenters. The molecule has 1 saturated heterocycles. The Balaban J connectivity index is 1.44. The molecule has 1 aromatic heterocycles. The van der Waals surface area contributed by atoms with E-state index in [1.54, 1.807) is 0 Å². The molecule has 2 atom stereocenters. The van der Waals surface area contributed by atoms with Crippen molar-refractivity contribution in [1.82, 2.24) is 20.5 Å². The van der Waals surface area contributed by atoms with Crippen molar-refractivity contribution in [2.75, 3.05) is 26.2 Å². The van der Waals surface area contributed by atoms with Crippen LogP contribution < -0.4 is 10.6 Å². The molecule has 2 aliphatic rings. The lowest BCUT2D eigenvalue weighted by Crippen LogP contribution is -2.45. The number of hydrogen-bond acceptors (Lipinski definition) is 4. The number of rotatable bonds is 7. The molecule has 0 bridgehead atoms. The van der Waals surface area contributed by atoms with E-state index in [0.29, 0.717) is 12.0 Å². The lowest BCUT2D eigenvalue weighted by atomic mass is 9.84. The summed E-state index contributed by atoms with van der Waals surface area (Å²) >= 11 is 0. The molecule has 1 saturated carbocycles. The number of piperidine rings is 1. The minimum absolute atomic E-state index is 0.584. The number of aryl methyl sites for hydroxylation is 2. The topological polar surface area (TPSA) is 65.7 Å². The third kappa shape index (κ3) is 6.73. The third-order valence-corrected chi connectivity index (χ3v) is 6.69. The molecular formula is C23H41N5O. The molecular weight excluding hydrogens is 362 g/mol. The molecule has 1 aliphatic carbocycles. The molecule has 2 fully saturated rings. The number of nitrogens with zero attached hydrogens (tertiary/aromatic N) is 3. The van der Waals surface area contributed by atoms with Gasteiger partial charge in [-0.3, -0.25) is 9.89 Å². The van der Waals surface area contributed by atoms with Gasteiger partial charge in [-0.05, 0) is 71.4 Å². The van der Waals surface area contributed by atoms with E-state index < -0.39 is 0 Å². The highest BCUT2D eigenvalue weighted by atomic mass is 16.4. The summed E-state index contributed by atoms with van der Waals surface area (Å²) in [7, 11) is 0. The second-order valence-electron chi connectivity index (χ2n) is 8.97. The Labute approximate surface area is 176 Å². The number of hydrogen-bond donors (Lipinski definition) is 2. The Bertz CT molecular complexity index is 628. The van der Waals surface area contributed by atoms with Crippen molar-refractivity contribution in [3.63, 3.8) is 0 Å². The van der Waals surface area contributed by atoms with E-state index in [0.717, 1.165) is 61.9 Å². The number of nitrogens with one attached hydrogen (secondary N) is 2. The van der Waals surface area contributed by atoms with Crippen LogP contribution in [0.3, 0.4) is 0 Å². The van der Waals surface area contributed by atoms with E-state index in [1.807, 2.05) is 13.8 Å². The zero-order valence-electron chi connectivity index (χ0n) is 19.0. The van der Waals surface area contributed by atoms with E-state index in [-0.39, 0.29) is 0 Å². The highest BCUT2D eigenvalue weighted by Gasteiger charge is 2.23. The molecule has 3 rings (SSSR count). The van der Waals surface area contributed by atoms with E-state index in [1.165, 1.54) is 44.9 Å². The van der Waals surface area contributed by atoms with Crippen molar-refractivity contribution in [2.45, 2.75) is 85.2 Å². The Morgan fingerprint density at radius 1 is 1.14 bits per heavy atom. The molecule has 0 aromatic carbocycles. The summed E-state index contributed by atoms with van der Waals surface area (Å²) in [5.74, 6) is 4.36. The maximum atomic E-state index is 5.75. The number of guanidine groups is 1. The van der Waals surface area contributed by atoms with Crippen molar-refractivity contribution >= 4 is 5.96 Å². The van der Waals surface area contributed by atoms with Crippen LogP contribution in [0.2, 0.25) is 0 Å². The predicted octanol–water partition coefficient (Wildman–Crippen LogP) is 4.03. The van der Waals surface area contributed by atoms with Gasteiger partial charge in [-0.2, -0.15) is 0 Å². The van der Waals surface area contributed by atoms with Crippen LogP contribution >= 0.6 is 0 Å². The summed E-state index contributed by atoms with van der Waals surface area (Å²) in [5, 5.41) is 7.18. The second-order valence-corrected chi connectivity index (χ2v) is 8.97. The van der Waals surface area contributed by atoms with Crippen molar-refractivity contribution in [3.05, 3.63) is 17.3 Å². The van der Waals surface area contributed by atoms with Gasteiger partial charge < -0.3 is 15.1 Å². The van der Waals surface area contributed by atoms with Crippen molar-refractivity contribution in [2.24, 2.45) is 16.8 Å². The van der Waals surface area contributed by atoms with Gasteiger partial charge in [0.05, 0.1) is 12.2 Å². The standard InChI is InChI=1S/C23H41N5O/c1-5-19-8-7-9-21(14-19)27-23(24-6-2)25-15-20-10-12-28(13-11-20)16-22-26-17(3)18(4)29-22/h19-21H,5-16H2,1-4H3,(H2,24,25,27). The van der Waals surface area contributed by atoms with Crippen molar-refractivity contribution in [3.8, 4) is 0 Å². The molecule has 0 spiro atoms. The van der Waals surface area contributed by atoms with Gasteiger partial charge >= 0.3 is 0 Å². The minimum atomic E-state index is 0.584. The molecule has 29 heavy (non-hydrogen) atoms. The smallest absolute Gasteiger partial charge is 0.208 e. The number of likely N-dealkylation sites (tertiary alicyclic amines) is 1. The third-order valence-electron chi connectivity index (χ3n) is 6.69. The van der Waals surface area contributed by atoms with Gasteiger partial charge in [-0.15, -0.1) is 0 Å². The van der Waals surface area contributed by atoms with E-state index in [2.05, 4.69) is 34.4 Å². The number of oxazole rings is 1. The van der Waals surface area contributed by atoms with Gasteiger partial charge in [0, 0.05) is 19.1 Å². The first kappa shape index (κ1) is 22.1. The second kappa shape index (κ2) is 11.0. The lowest BCUT2D eigenvalue weighted by Gasteiger charge is -2.31. The molecule has 0 radical (unpaired) electrons. The summed E-state index contributed by atoms with van der Waals surface area (Å²) < 4.78 is 5.75. The van der Waals surface area contributed by atoms with E-state index in [9.17, 15) is 0 Å². The predicted molar refractivity (Wildman–Crippen MR) is 119 cm³/mol. The molecule has 6 heteroatoms. The molecule has 2 heterocycles. The van der Waals surface area contributed by atoms with Crippen LogP contribution in [0.5, 0.6) is 0 Å². The summed E-state index contributed by atoms with van der Waals surface area (Å²) in [6.45, 7) is 13.3. The molecule has 2 N–H and O–H groups in total. The highest BCUT2D eigenvalue weighted by molar-refractivity contribution is 5.80. The van der Waals surface area contributed by atoms with E-state index in [4.69, 9.17) is 9.41 Å². The van der Waals surface area contributed by atoms with Gasteiger partial charge in [-0.1, -0.05) is 26.2 Å². The Morgan fingerprint density at radius 3 is 2.59 bits per heavy atom. The summed E-state index contributed by atoms with van der Waals surface area (Å²) in [4.78, 5) is 11.9. The van der Waals surface area contributed by atoms with Gasteiger partial charge in [0.1, 0.15) is 5.76 Å². The fourth-order valence-electron chi connectivity index (χ4n) is 4.65. The number of aromatic nitrogens is 1. The fourth-order valence-corrected chi connectivity index (χ4v) is 4.65. The average Bonchev–Trinajstić information content (AvgIpc) is 3.04. The zero-order chi connectivity index (χ0) is 20.6. The van der Waals surface area contributed by atoms with Crippen LogP contribution in [0, 0.1) is 25.7 Å². The van der Waals surface area contributed by atoms with Crippen LogP contribution in [-0.2, 0) is 6.54 Å². The molecule has 0 amide bonds. The van der Waals surface area contributed by atoms with E-state index >= 15 is 0 Å². The maximum absolute atomic E-state index is 5.75. The van der Waals surface area contributed by atoms with Crippen LogP contribution in [-0.4, -0.2) is 48.1 Å². The zero-order valence-corrected chi connectivity index (χ0v) is 19.0. The van der Waals surface area contributed by atoms with Crippen LogP contribution in [0.25, 0.3) is 0 Å². The van der Waals surface area contributed by atoms with Crippen LogP contribution in [0.4, 0.5) is 0 Å². The fraction of sp³-hybridized carbons (Fsp3) is 0.826. The van der Waals surface area contributed by atoms with Gasteiger partial charge in [-0.25, -0.2) is 4.98 Å². The first-order valence-electron chi connectivity index (χ1n) is 11.8. The molecule has 1 aromatic rings. The van der Waals surface area contributed by atoms with Gasteiger partial charge in [0.2, 0.25) is 5.89 Å². The largest absolute Gasteiger partial charge is 0.444 e. The summed E-state index contributed by atoms with van der Waals surface area (Å²) in [6.07, 6.45) is 9.01. The first-order valence-corrected chi connectivity index (χ1v) is 11.8. The Morgan fingerprint density at radius 2 is 1.93 bits per heavy atom. The highest BCUT2D eigenvalue weighted by Crippen LogP contribution is 2.26. The maximum Gasteiger partial charge on any atom is 0.208 e. The monoisotopic (exact) mass is 403 g/mol. The van der Waals surface area contributed by atoms with Crippen LogP contribution in [0.15, 0.2) is 9.41 Å². The quantitative estimate of drug-likeness (QED) is 0.532. The summed E-state index contributed by atoms with van der Waals surface area (Å²) in [5.41, 5.74) is 1.01. The summed E-state index contributed by atoms with van der Waals surface area (Å²) in [6, 6.07) is 0.584. The molecule has 6 nitrogen and oxygen atoms in total. The first-order chi connectivity index (χ1) is 14.1. The molecule has 1 aliphatic heterocycles. The average molecular weight is 404 g/mol. The Hall–Kier alpha value is -1.56. The van der Waals surface area contributed by atoms with Crippen LogP contribution in [0.1, 0.15) is 76.1 Å². The number of aliphatic imine (C=N–C) groups is 1. The molecule has 164 valence electrons. The van der Waals surface area contributed by atoms with Gasteiger partial charge in [0.25, 0.3) is 0 Å². The van der Waals surface area contributed by atoms with Gasteiger partial charge in [0.15, 0.2) is 5.96 Å². The normalized spacial score (nSPS) is 24.6.